The van der Waals surface area contributed by atoms with Crippen LogP contribution < -0.4 is 16.4 Å². The number of thioether (sulfide) groups is 1. The molecular weight excluding hydrogens is 851 g/mol. The van der Waals surface area contributed by atoms with Crippen LogP contribution in [0.15, 0.2) is 24.3 Å². The van der Waals surface area contributed by atoms with E-state index >= 15 is 0 Å². The number of nitrogens with two attached hydrogens (primary N) is 1. The number of carboxylic acids is 1. The zero-order valence-corrected chi connectivity index (χ0v) is 33.7. The molecule has 1 saturated heterocycles. The second-order valence-corrected chi connectivity index (χ2v) is 18.1. The number of carbonyl (C=O) groups excluding carboxylic acids is 3. The summed E-state index contributed by atoms with van der Waals surface area (Å²) in [5, 5.41) is 34.6. The van der Waals surface area contributed by atoms with Crippen molar-refractivity contribution in [3.05, 3.63) is 24.3 Å². The number of aliphatic hydroxyl groups is 2. The number of nitrogens with zero attached hydrogens (tertiary/aromatic N) is 4. The first kappa shape index (κ1) is 48.1. The first-order valence-electron chi connectivity index (χ1n) is 16.3. The number of aromatic nitrogens is 4. The predicted octanol–water partition coefficient (Wildman–Crippen LogP) is -0.914. The molecule has 0 bridgehead atoms. The predicted molar refractivity (Wildman–Crippen MR) is 193 cm³/mol. The van der Waals surface area contributed by atoms with E-state index in [2.05, 4.69) is 34.4 Å². The van der Waals surface area contributed by atoms with Crippen molar-refractivity contribution in [1.29, 1.82) is 0 Å². The molecule has 3 heterocycles. The molecule has 0 aromatic carbocycles. The molecule has 2 aromatic heterocycles. The average molecular weight is 894 g/mol. The molecule has 3 rings (SSSR count). The lowest BCUT2D eigenvalue weighted by Crippen LogP contribution is -2.46. The van der Waals surface area contributed by atoms with Crippen molar-refractivity contribution in [3.63, 3.8) is 0 Å². The molecule has 0 saturated carbocycles. The van der Waals surface area contributed by atoms with Crippen LogP contribution in [-0.4, -0.2) is 134 Å². The largest absolute Gasteiger partial charge is 0.481 e. The maximum atomic E-state index is 12.7. The number of ether oxygens (including phenoxy) is 1. The lowest BCUT2D eigenvalue weighted by Gasteiger charge is -2.30. The normalized spacial score (nSPS) is 21.7. The first-order chi connectivity index (χ1) is 26.3. The van der Waals surface area contributed by atoms with E-state index in [0.717, 1.165) is 29.0 Å². The van der Waals surface area contributed by atoms with Crippen LogP contribution in [0.25, 0.3) is 11.2 Å². The molecule has 26 nitrogen and oxygen atoms in total. The Kier molecular flexibility index (Phi) is 17.0. The zero-order chi connectivity index (χ0) is 42.9. The van der Waals surface area contributed by atoms with E-state index in [1.165, 1.54) is 26.8 Å². The van der Waals surface area contributed by atoms with Gasteiger partial charge in [0.15, 0.2) is 17.7 Å². The maximum Gasteiger partial charge on any atom is 0.481 e. The van der Waals surface area contributed by atoms with Crippen molar-refractivity contribution < 1.29 is 90.4 Å². The van der Waals surface area contributed by atoms with E-state index in [4.69, 9.17) is 24.6 Å². The average Bonchev–Trinajstić information content (AvgIpc) is 3.64. The highest BCUT2D eigenvalue weighted by atomic mass is 32.2. The molecule has 7 atom stereocenters. The van der Waals surface area contributed by atoms with Gasteiger partial charge in [0.2, 0.25) is 16.9 Å². The van der Waals surface area contributed by atoms with Crippen molar-refractivity contribution >= 4 is 75.1 Å². The van der Waals surface area contributed by atoms with E-state index in [9.17, 15) is 62.7 Å². The molecule has 320 valence electrons. The summed E-state index contributed by atoms with van der Waals surface area (Å²) in [5.74, 6) is -2.48. The third-order valence-electron chi connectivity index (χ3n) is 7.54. The summed E-state index contributed by atoms with van der Waals surface area (Å²) in [6.07, 6.45) is -6.20. The quantitative estimate of drug-likeness (QED) is 0.0388. The molecule has 2 unspecified atom stereocenters. The van der Waals surface area contributed by atoms with Gasteiger partial charge in [-0.25, -0.2) is 28.6 Å². The number of rotatable bonds is 22. The highest BCUT2D eigenvalue weighted by molar-refractivity contribution is 8.14. The molecule has 1 aliphatic heterocycles. The Bertz CT molecular complexity index is 1960. The lowest BCUT2D eigenvalue weighted by atomic mass is 9.87. The van der Waals surface area contributed by atoms with Crippen molar-refractivity contribution in [2.24, 2.45) is 5.41 Å². The number of carbonyl (C=O) groups is 4. The van der Waals surface area contributed by atoms with Crippen molar-refractivity contribution in [1.82, 2.24) is 30.2 Å². The second-order valence-electron chi connectivity index (χ2n) is 12.8. The number of carboxylic acid groups (broad SMARTS) is 1. The molecule has 30 heteroatoms. The number of aliphatic carboxylic acids is 1. The molecule has 0 spiro atoms. The van der Waals surface area contributed by atoms with Crippen LogP contribution in [0.3, 0.4) is 0 Å². The van der Waals surface area contributed by atoms with Gasteiger partial charge in [-0.3, -0.25) is 37.3 Å². The zero-order valence-electron chi connectivity index (χ0n) is 30.2. The second kappa shape index (κ2) is 20.2. The van der Waals surface area contributed by atoms with Crippen LogP contribution in [0.1, 0.15) is 39.8 Å². The van der Waals surface area contributed by atoms with Crippen molar-refractivity contribution in [2.45, 2.75) is 64.3 Å². The van der Waals surface area contributed by atoms with Gasteiger partial charge in [0, 0.05) is 30.7 Å². The highest BCUT2D eigenvalue weighted by Gasteiger charge is 2.50. The van der Waals surface area contributed by atoms with Crippen LogP contribution in [0.2, 0.25) is 0 Å². The number of nitrogens with one attached hydrogen (secondary N) is 2. The van der Waals surface area contributed by atoms with Crippen molar-refractivity contribution in [3.8, 4) is 0 Å². The van der Waals surface area contributed by atoms with Gasteiger partial charge < -0.3 is 56.0 Å². The Hall–Kier alpha value is -3.23. The van der Waals surface area contributed by atoms with E-state index in [-0.39, 0.29) is 53.8 Å². The molecule has 0 radical (unpaired) electrons. The highest BCUT2D eigenvalue weighted by Crippen LogP contribution is 2.61. The minimum Gasteiger partial charge on any atom is -0.481 e. The number of hydrogen-bond acceptors (Lipinski definition) is 19. The van der Waals surface area contributed by atoms with E-state index in [1.807, 2.05) is 0 Å². The number of phosphoric ester groups is 3. The summed E-state index contributed by atoms with van der Waals surface area (Å²) in [6, 6.07) is 0. The third kappa shape index (κ3) is 15.1. The number of fused-ring (bicyclic) bond motifs is 1. The molecule has 11 N–H and O–H groups in total. The number of amides is 2. The standard InChI is InChI=1S/C27H42N7O19P3S/c1-14(8-17(36)37)9-18(38)57-7-6-29-16(35)4-5-30-25(41)22(40)27(2,3)11-50-56(47,48)53-55(45,46)49-10-15-21(52-54(42,43)44)20(39)26(51-15)34-13-33-19-23(28)31-12-32-24(19)34/h9,12-13,15,20-22,26,39-40H,4-8,10-11H2,1-3H3,(H,29,35)(H,30,41)(H,36,37)(H,45,46)(H,47,48)(H2,28,31,32)(H2,42,43,44)/b14-9+/t15-,20-,21-,22+,26-/m1/s1. The van der Waals surface area contributed by atoms with Gasteiger partial charge in [0.05, 0.1) is 26.0 Å². The fraction of sp³-hybridized carbons (Fsp3) is 0.593. The summed E-state index contributed by atoms with van der Waals surface area (Å²) in [6.45, 7) is 1.70. The van der Waals surface area contributed by atoms with Crippen LogP contribution >= 0.6 is 35.2 Å². The molecule has 2 amide bonds. The van der Waals surface area contributed by atoms with Crippen LogP contribution in [0, 0.1) is 5.41 Å². The SMILES string of the molecule is C/C(=C\C(=O)SCCNC(=O)CCNC(=O)[C@H](O)C(C)(C)COP(=O)(O)OP(=O)(O)OC[C@H]1O[C@@H](n2cnc3c(N)ncnc32)[C@H](O)[C@@H]1OP(=O)(O)O)CC(=O)O. The van der Waals surface area contributed by atoms with Gasteiger partial charge in [0.25, 0.3) is 0 Å². The van der Waals surface area contributed by atoms with Gasteiger partial charge >= 0.3 is 29.4 Å². The molecule has 1 aliphatic rings. The first-order valence-corrected chi connectivity index (χ1v) is 21.8. The Morgan fingerprint density at radius 2 is 1.74 bits per heavy atom. The minimum absolute atomic E-state index is 0.0193. The summed E-state index contributed by atoms with van der Waals surface area (Å²) >= 11 is 0.856. The summed E-state index contributed by atoms with van der Waals surface area (Å²) in [7, 11) is -16.4. The van der Waals surface area contributed by atoms with Crippen molar-refractivity contribution in [2.75, 3.05) is 37.8 Å². The fourth-order valence-electron chi connectivity index (χ4n) is 4.81. The molecule has 0 aliphatic carbocycles. The number of anilines is 1. The number of phosphoric acid groups is 3. The smallest absolute Gasteiger partial charge is 0.481 e. The van der Waals surface area contributed by atoms with E-state index in [0.29, 0.717) is 5.57 Å². The Morgan fingerprint density at radius 3 is 2.39 bits per heavy atom. The molecule has 57 heavy (non-hydrogen) atoms. The molecular formula is C27H42N7O19P3S. The summed E-state index contributed by atoms with van der Waals surface area (Å²) in [4.78, 5) is 98.0. The van der Waals surface area contributed by atoms with Crippen LogP contribution in [-0.2, 0) is 55.5 Å². The van der Waals surface area contributed by atoms with Crippen LogP contribution in [0.5, 0.6) is 0 Å². The lowest BCUT2D eigenvalue weighted by molar-refractivity contribution is -0.137. The summed E-state index contributed by atoms with van der Waals surface area (Å²) < 4.78 is 62.0. The number of imidazole rings is 1. The summed E-state index contributed by atoms with van der Waals surface area (Å²) in [5.41, 5.74) is 4.56. The Labute approximate surface area is 327 Å². The van der Waals surface area contributed by atoms with E-state index < -0.39 is 90.5 Å². The Balaban J connectivity index is 1.48. The van der Waals surface area contributed by atoms with Gasteiger partial charge in [-0.15, -0.1) is 0 Å². The van der Waals surface area contributed by atoms with Crippen LogP contribution in [0.4, 0.5) is 5.82 Å². The number of aliphatic hydroxyl groups excluding tert-OH is 2. The Morgan fingerprint density at radius 1 is 1.07 bits per heavy atom. The minimum atomic E-state index is -5.59. The van der Waals surface area contributed by atoms with Gasteiger partial charge in [-0.1, -0.05) is 31.2 Å². The fourth-order valence-corrected chi connectivity index (χ4v) is 8.33. The third-order valence-corrected chi connectivity index (χ3v) is 11.5. The van der Waals surface area contributed by atoms with Gasteiger partial charge in [-0.2, -0.15) is 4.31 Å². The topological polar surface area (TPSA) is 401 Å². The molecule has 2 aromatic rings. The van der Waals surface area contributed by atoms with E-state index in [1.54, 1.807) is 0 Å². The number of nitrogen functional groups attached to an aromatic ring is 1. The number of hydrogen-bond donors (Lipinski definition) is 10. The van der Waals surface area contributed by atoms with Gasteiger partial charge in [-0.05, 0) is 13.0 Å². The molecule has 1 fully saturated rings. The monoisotopic (exact) mass is 893 g/mol. The van der Waals surface area contributed by atoms with Gasteiger partial charge in [0.1, 0.15) is 36.3 Å². The maximum absolute atomic E-state index is 12.7.